The van der Waals surface area contributed by atoms with Gasteiger partial charge < -0.3 is 0 Å². The van der Waals surface area contributed by atoms with Crippen LogP contribution in [0.1, 0.15) is 6.42 Å². The van der Waals surface area contributed by atoms with Gasteiger partial charge in [0.25, 0.3) is 17.7 Å². The standard InChI is InChI=1S/C12H15N3O3/c1-4-10(16)13-8-7-9-14(11(17)5-2)15(13)12(18)6-3/h4-6H,1-3,7-9H2. The summed E-state index contributed by atoms with van der Waals surface area (Å²) in [5.41, 5.74) is 0. The molecule has 0 saturated carbocycles. The van der Waals surface area contributed by atoms with Crippen molar-refractivity contribution >= 4 is 17.7 Å². The van der Waals surface area contributed by atoms with Gasteiger partial charge in [0.1, 0.15) is 0 Å². The lowest BCUT2D eigenvalue weighted by Gasteiger charge is -2.44. The van der Waals surface area contributed by atoms with Crippen molar-refractivity contribution in [1.82, 2.24) is 15.1 Å². The molecule has 0 spiro atoms. The van der Waals surface area contributed by atoms with E-state index in [9.17, 15) is 14.4 Å². The molecule has 0 N–H and O–H groups in total. The van der Waals surface area contributed by atoms with Crippen LogP contribution in [0.25, 0.3) is 0 Å². The van der Waals surface area contributed by atoms with Gasteiger partial charge in [-0.1, -0.05) is 19.7 Å². The Morgan fingerprint density at radius 2 is 1.17 bits per heavy atom. The Morgan fingerprint density at radius 3 is 1.50 bits per heavy atom. The van der Waals surface area contributed by atoms with Crippen molar-refractivity contribution in [3.8, 4) is 0 Å². The Bertz CT molecular complexity index is 389. The normalized spacial score (nSPS) is 15.0. The smallest absolute Gasteiger partial charge is 0.268 e. The molecule has 0 aromatic heterocycles. The number of hydrogen-bond donors (Lipinski definition) is 0. The first kappa shape index (κ1) is 13.7. The second-order valence-corrected chi connectivity index (χ2v) is 3.52. The molecule has 0 aromatic carbocycles. The zero-order valence-electron chi connectivity index (χ0n) is 10.0. The third-order valence-electron chi connectivity index (χ3n) is 2.43. The van der Waals surface area contributed by atoms with Crippen molar-refractivity contribution in [2.45, 2.75) is 6.42 Å². The van der Waals surface area contributed by atoms with Gasteiger partial charge in [0, 0.05) is 13.1 Å². The molecule has 1 rings (SSSR count). The second kappa shape index (κ2) is 5.81. The molecule has 96 valence electrons. The number of rotatable bonds is 3. The highest BCUT2D eigenvalue weighted by Crippen LogP contribution is 2.15. The van der Waals surface area contributed by atoms with E-state index in [1.807, 2.05) is 0 Å². The zero-order valence-corrected chi connectivity index (χ0v) is 10.0. The van der Waals surface area contributed by atoms with Crippen molar-refractivity contribution < 1.29 is 14.4 Å². The quantitative estimate of drug-likeness (QED) is 0.674. The number of carbonyl (C=O) groups is 3. The third kappa shape index (κ3) is 2.48. The molecule has 0 radical (unpaired) electrons. The van der Waals surface area contributed by atoms with Gasteiger partial charge in [-0.3, -0.25) is 14.4 Å². The van der Waals surface area contributed by atoms with E-state index in [0.717, 1.165) is 33.4 Å². The van der Waals surface area contributed by atoms with Gasteiger partial charge in [0.05, 0.1) is 0 Å². The SMILES string of the molecule is C=CC(=O)N1CCCN(C(=O)C=C)N1C(=O)C=C. The number of nitrogens with zero attached hydrogens (tertiary/aromatic N) is 3. The highest BCUT2D eigenvalue weighted by molar-refractivity contribution is 5.95. The molecule has 3 amide bonds. The van der Waals surface area contributed by atoms with Crippen LogP contribution in [0.2, 0.25) is 0 Å². The molecule has 6 heteroatoms. The number of carbonyl (C=O) groups excluding carboxylic acids is 3. The minimum Gasteiger partial charge on any atom is -0.268 e. The maximum Gasteiger partial charge on any atom is 0.284 e. The van der Waals surface area contributed by atoms with Crippen LogP contribution in [0.5, 0.6) is 0 Å². The van der Waals surface area contributed by atoms with Crippen molar-refractivity contribution in [2.24, 2.45) is 0 Å². The molecule has 1 heterocycles. The Labute approximate surface area is 105 Å². The monoisotopic (exact) mass is 249 g/mol. The largest absolute Gasteiger partial charge is 0.284 e. The van der Waals surface area contributed by atoms with Crippen LogP contribution in [0.4, 0.5) is 0 Å². The molecule has 1 saturated heterocycles. The first-order valence-corrected chi connectivity index (χ1v) is 5.41. The van der Waals surface area contributed by atoms with Crippen LogP contribution >= 0.6 is 0 Å². The van der Waals surface area contributed by atoms with Crippen LogP contribution in [-0.2, 0) is 14.4 Å². The fourth-order valence-electron chi connectivity index (χ4n) is 1.63. The summed E-state index contributed by atoms with van der Waals surface area (Å²) in [6, 6.07) is 0. The minimum absolute atomic E-state index is 0.339. The zero-order chi connectivity index (χ0) is 13.7. The number of hydrogen-bond acceptors (Lipinski definition) is 3. The van der Waals surface area contributed by atoms with E-state index in [-0.39, 0.29) is 0 Å². The van der Waals surface area contributed by atoms with Crippen LogP contribution < -0.4 is 0 Å². The van der Waals surface area contributed by atoms with E-state index in [4.69, 9.17) is 0 Å². The van der Waals surface area contributed by atoms with Crippen molar-refractivity contribution in [2.75, 3.05) is 13.1 Å². The summed E-state index contributed by atoms with van der Waals surface area (Å²) in [4.78, 5) is 35.1. The molecular formula is C12H15N3O3. The summed E-state index contributed by atoms with van der Waals surface area (Å²) in [7, 11) is 0. The van der Waals surface area contributed by atoms with Gasteiger partial charge in [-0.25, -0.2) is 10.0 Å². The van der Waals surface area contributed by atoms with Gasteiger partial charge in [-0.15, -0.1) is 5.12 Å². The third-order valence-corrected chi connectivity index (χ3v) is 2.43. The van der Waals surface area contributed by atoms with Crippen LogP contribution in [-0.4, -0.2) is 45.9 Å². The van der Waals surface area contributed by atoms with Gasteiger partial charge in [-0.2, -0.15) is 0 Å². The molecule has 0 unspecified atom stereocenters. The van der Waals surface area contributed by atoms with Crippen LogP contribution in [0, 0.1) is 0 Å². The molecular weight excluding hydrogens is 234 g/mol. The van der Waals surface area contributed by atoms with Gasteiger partial charge >= 0.3 is 0 Å². The molecule has 6 nitrogen and oxygen atoms in total. The van der Waals surface area contributed by atoms with Crippen molar-refractivity contribution in [1.29, 1.82) is 0 Å². The number of hydrazine groups is 2. The van der Waals surface area contributed by atoms with E-state index in [0.29, 0.717) is 19.5 Å². The molecule has 0 aliphatic carbocycles. The predicted molar refractivity (Wildman–Crippen MR) is 65.5 cm³/mol. The van der Waals surface area contributed by atoms with E-state index in [1.54, 1.807) is 0 Å². The molecule has 0 aromatic rings. The van der Waals surface area contributed by atoms with Gasteiger partial charge in [-0.05, 0) is 24.6 Å². The summed E-state index contributed by atoms with van der Waals surface area (Å²) in [6.45, 7) is 10.8. The van der Waals surface area contributed by atoms with E-state index in [2.05, 4.69) is 19.7 Å². The summed E-state index contributed by atoms with van der Waals surface area (Å²) < 4.78 is 0. The van der Waals surface area contributed by atoms with Gasteiger partial charge in [0.15, 0.2) is 0 Å². The molecule has 18 heavy (non-hydrogen) atoms. The lowest BCUT2D eigenvalue weighted by atomic mass is 10.3. The summed E-state index contributed by atoms with van der Waals surface area (Å²) in [5, 5.41) is 3.29. The second-order valence-electron chi connectivity index (χ2n) is 3.52. The van der Waals surface area contributed by atoms with Crippen LogP contribution in [0.15, 0.2) is 38.0 Å². The molecule has 0 atom stereocenters. The van der Waals surface area contributed by atoms with E-state index < -0.39 is 17.7 Å². The molecule has 1 aliphatic rings. The highest BCUT2D eigenvalue weighted by Gasteiger charge is 2.34. The Morgan fingerprint density at radius 1 is 0.778 bits per heavy atom. The molecule has 0 bridgehead atoms. The Kier molecular flexibility index (Phi) is 4.42. The summed E-state index contributed by atoms with van der Waals surface area (Å²) in [5.74, 6) is -1.46. The van der Waals surface area contributed by atoms with Crippen molar-refractivity contribution in [3.05, 3.63) is 38.0 Å². The van der Waals surface area contributed by atoms with Gasteiger partial charge in [0.2, 0.25) is 0 Å². The predicted octanol–water partition coefficient (Wildman–Crippen LogP) is 0.264. The summed E-state index contributed by atoms with van der Waals surface area (Å²) in [6.07, 6.45) is 3.79. The molecule has 1 aliphatic heterocycles. The Balaban J connectivity index is 3.11. The maximum absolute atomic E-state index is 11.8. The molecule has 1 fully saturated rings. The first-order valence-electron chi connectivity index (χ1n) is 5.41. The lowest BCUT2D eigenvalue weighted by Crippen LogP contribution is -2.62. The van der Waals surface area contributed by atoms with Crippen LogP contribution in [0.3, 0.4) is 0 Å². The maximum atomic E-state index is 11.8. The topological polar surface area (TPSA) is 60.9 Å². The first-order chi connectivity index (χ1) is 8.56. The van der Waals surface area contributed by atoms with Crippen molar-refractivity contribution in [3.63, 3.8) is 0 Å². The fraction of sp³-hybridized carbons (Fsp3) is 0.250. The summed E-state index contributed by atoms with van der Waals surface area (Å²) >= 11 is 0. The Hall–Kier alpha value is -2.37. The lowest BCUT2D eigenvalue weighted by molar-refractivity contribution is -0.209. The number of amides is 3. The average molecular weight is 249 g/mol. The minimum atomic E-state index is -0.555. The van der Waals surface area contributed by atoms with E-state index >= 15 is 0 Å². The highest BCUT2D eigenvalue weighted by atomic mass is 16.2. The average Bonchev–Trinajstić information content (AvgIpc) is 2.43. The van der Waals surface area contributed by atoms with E-state index in [1.165, 1.54) is 0 Å². The fourth-order valence-corrected chi connectivity index (χ4v) is 1.63.